The molecule has 1 atom stereocenters. The number of hydrogen-bond acceptors (Lipinski definition) is 3. The van der Waals surface area contributed by atoms with Gasteiger partial charge in [-0.1, -0.05) is 19.8 Å². The molecule has 1 fully saturated rings. The van der Waals surface area contributed by atoms with E-state index in [0.717, 1.165) is 13.1 Å². The van der Waals surface area contributed by atoms with Crippen LogP contribution in [-0.4, -0.2) is 50.2 Å². The summed E-state index contributed by atoms with van der Waals surface area (Å²) in [5, 5.41) is 7.07. The van der Waals surface area contributed by atoms with Gasteiger partial charge >= 0.3 is 0 Å². The summed E-state index contributed by atoms with van der Waals surface area (Å²) in [6.45, 7) is 11.7. The second-order valence-corrected chi connectivity index (χ2v) is 4.94. The second-order valence-electron chi connectivity index (χ2n) is 4.94. The molecular formula is C13H29N3. The molecule has 0 bridgehead atoms. The zero-order chi connectivity index (χ0) is 11.6. The van der Waals surface area contributed by atoms with E-state index in [1.807, 2.05) is 0 Å². The summed E-state index contributed by atoms with van der Waals surface area (Å²) in [5.41, 5.74) is 0. The van der Waals surface area contributed by atoms with Crippen molar-refractivity contribution in [1.29, 1.82) is 0 Å². The normalized spacial score (nSPS) is 20.6. The maximum atomic E-state index is 3.62. The molecule has 0 radical (unpaired) electrons. The predicted octanol–water partition coefficient (Wildman–Crippen LogP) is 1.45. The van der Waals surface area contributed by atoms with Gasteiger partial charge in [0.1, 0.15) is 0 Å². The summed E-state index contributed by atoms with van der Waals surface area (Å²) in [7, 11) is 0. The average Bonchev–Trinajstić information content (AvgIpc) is 2.55. The lowest BCUT2D eigenvalue weighted by molar-refractivity contribution is 0.285. The summed E-state index contributed by atoms with van der Waals surface area (Å²) in [4.78, 5) is 2.57. The van der Waals surface area contributed by atoms with Gasteiger partial charge in [-0.15, -0.1) is 0 Å². The molecule has 96 valence electrons. The van der Waals surface area contributed by atoms with Crippen molar-refractivity contribution in [3.63, 3.8) is 0 Å². The molecule has 1 heterocycles. The Hall–Kier alpha value is -0.120. The Labute approximate surface area is 101 Å². The van der Waals surface area contributed by atoms with Gasteiger partial charge in [0.05, 0.1) is 0 Å². The molecule has 1 saturated heterocycles. The van der Waals surface area contributed by atoms with Crippen LogP contribution in [0.3, 0.4) is 0 Å². The van der Waals surface area contributed by atoms with E-state index in [1.54, 1.807) is 0 Å². The SMILES string of the molecule is CCCCC(C)NCCN1CCCNCC1. The zero-order valence-corrected chi connectivity index (χ0v) is 11.1. The fourth-order valence-corrected chi connectivity index (χ4v) is 2.21. The molecule has 3 nitrogen and oxygen atoms in total. The van der Waals surface area contributed by atoms with Crippen LogP contribution in [0.4, 0.5) is 0 Å². The topological polar surface area (TPSA) is 27.3 Å². The Morgan fingerprint density at radius 3 is 3.00 bits per heavy atom. The van der Waals surface area contributed by atoms with Crippen molar-refractivity contribution >= 4 is 0 Å². The molecule has 1 unspecified atom stereocenters. The molecule has 1 aliphatic heterocycles. The van der Waals surface area contributed by atoms with Crippen LogP contribution in [0.25, 0.3) is 0 Å². The predicted molar refractivity (Wildman–Crippen MR) is 70.9 cm³/mol. The van der Waals surface area contributed by atoms with Crippen molar-refractivity contribution in [3.05, 3.63) is 0 Å². The molecular weight excluding hydrogens is 198 g/mol. The minimum atomic E-state index is 0.685. The monoisotopic (exact) mass is 227 g/mol. The number of hydrogen-bond donors (Lipinski definition) is 2. The van der Waals surface area contributed by atoms with E-state index in [-0.39, 0.29) is 0 Å². The second kappa shape index (κ2) is 8.97. The first-order chi connectivity index (χ1) is 7.83. The van der Waals surface area contributed by atoms with Crippen LogP contribution in [0.1, 0.15) is 39.5 Å². The summed E-state index contributed by atoms with van der Waals surface area (Å²) in [6, 6.07) is 0.685. The summed E-state index contributed by atoms with van der Waals surface area (Å²) in [6.07, 6.45) is 5.27. The van der Waals surface area contributed by atoms with Crippen molar-refractivity contribution in [3.8, 4) is 0 Å². The number of rotatable bonds is 7. The van der Waals surface area contributed by atoms with Crippen LogP contribution in [-0.2, 0) is 0 Å². The van der Waals surface area contributed by atoms with Crippen LogP contribution in [0.15, 0.2) is 0 Å². The lowest BCUT2D eigenvalue weighted by Crippen LogP contribution is -2.37. The maximum Gasteiger partial charge on any atom is 0.0107 e. The van der Waals surface area contributed by atoms with Crippen LogP contribution in [0, 0.1) is 0 Å². The first-order valence-corrected chi connectivity index (χ1v) is 6.99. The van der Waals surface area contributed by atoms with Gasteiger partial charge in [-0.05, 0) is 32.9 Å². The van der Waals surface area contributed by atoms with Crippen LogP contribution >= 0.6 is 0 Å². The third-order valence-corrected chi connectivity index (χ3v) is 3.34. The highest BCUT2D eigenvalue weighted by atomic mass is 15.2. The molecule has 0 aromatic heterocycles. The third-order valence-electron chi connectivity index (χ3n) is 3.34. The standard InChI is InChI=1S/C13H29N3/c1-3-4-6-13(2)15-9-12-16-10-5-7-14-8-11-16/h13-15H,3-12H2,1-2H3. The van der Waals surface area contributed by atoms with Crippen LogP contribution in [0.5, 0.6) is 0 Å². The molecule has 0 aliphatic carbocycles. The summed E-state index contributed by atoms with van der Waals surface area (Å²) >= 11 is 0. The fourth-order valence-electron chi connectivity index (χ4n) is 2.21. The molecule has 3 heteroatoms. The Kier molecular flexibility index (Phi) is 7.81. The quantitative estimate of drug-likeness (QED) is 0.689. The van der Waals surface area contributed by atoms with Crippen molar-refractivity contribution in [2.45, 2.75) is 45.6 Å². The molecule has 0 saturated carbocycles. The highest BCUT2D eigenvalue weighted by molar-refractivity contribution is 4.68. The lowest BCUT2D eigenvalue weighted by atomic mass is 10.1. The van der Waals surface area contributed by atoms with Gasteiger partial charge in [-0.3, -0.25) is 0 Å². The fraction of sp³-hybridized carbons (Fsp3) is 1.00. The van der Waals surface area contributed by atoms with E-state index in [0.29, 0.717) is 6.04 Å². The van der Waals surface area contributed by atoms with Gasteiger partial charge < -0.3 is 15.5 Å². The minimum absolute atomic E-state index is 0.685. The number of nitrogens with one attached hydrogen (secondary N) is 2. The molecule has 0 spiro atoms. The Balaban J connectivity index is 2.00. The van der Waals surface area contributed by atoms with Crippen molar-refractivity contribution in [2.75, 3.05) is 39.3 Å². The molecule has 16 heavy (non-hydrogen) atoms. The summed E-state index contributed by atoms with van der Waals surface area (Å²) in [5.74, 6) is 0. The molecule has 0 amide bonds. The molecule has 0 aromatic rings. The molecule has 2 N–H and O–H groups in total. The highest BCUT2D eigenvalue weighted by Crippen LogP contribution is 1.99. The molecule has 0 aromatic carbocycles. The van der Waals surface area contributed by atoms with E-state index in [2.05, 4.69) is 29.4 Å². The minimum Gasteiger partial charge on any atom is -0.315 e. The highest BCUT2D eigenvalue weighted by Gasteiger charge is 2.08. The Bertz CT molecular complexity index is 153. The van der Waals surface area contributed by atoms with Gasteiger partial charge in [0.2, 0.25) is 0 Å². The molecule has 1 aliphatic rings. The Morgan fingerprint density at radius 1 is 1.31 bits per heavy atom. The van der Waals surface area contributed by atoms with Crippen molar-refractivity contribution in [2.24, 2.45) is 0 Å². The third kappa shape index (κ3) is 6.46. The van der Waals surface area contributed by atoms with Crippen molar-refractivity contribution in [1.82, 2.24) is 15.5 Å². The zero-order valence-electron chi connectivity index (χ0n) is 11.1. The van der Waals surface area contributed by atoms with E-state index < -0.39 is 0 Å². The van der Waals surface area contributed by atoms with E-state index in [1.165, 1.54) is 51.9 Å². The van der Waals surface area contributed by atoms with Gasteiger partial charge in [0.15, 0.2) is 0 Å². The smallest absolute Gasteiger partial charge is 0.0107 e. The number of unbranched alkanes of at least 4 members (excludes halogenated alkanes) is 1. The van der Waals surface area contributed by atoms with E-state index >= 15 is 0 Å². The summed E-state index contributed by atoms with van der Waals surface area (Å²) < 4.78 is 0. The Morgan fingerprint density at radius 2 is 2.19 bits per heavy atom. The van der Waals surface area contributed by atoms with Gasteiger partial charge in [0.25, 0.3) is 0 Å². The van der Waals surface area contributed by atoms with E-state index in [4.69, 9.17) is 0 Å². The number of nitrogens with zero attached hydrogens (tertiary/aromatic N) is 1. The van der Waals surface area contributed by atoms with Crippen molar-refractivity contribution < 1.29 is 0 Å². The first kappa shape index (κ1) is 13.9. The van der Waals surface area contributed by atoms with Gasteiger partial charge in [0, 0.05) is 32.2 Å². The van der Waals surface area contributed by atoms with Crippen LogP contribution in [0.2, 0.25) is 0 Å². The van der Waals surface area contributed by atoms with Crippen LogP contribution < -0.4 is 10.6 Å². The lowest BCUT2D eigenvalue weighted by Gasteiger charge is -2.21. The van der Waals surface area contributed by atoms with E-state index in [9.17, 15) is 0 Å². The maximum absolute atomic E-state index is 3.62. The van der Waals surface area contributed by atoms with Gasteiger partial charge in [-0.25, -0.2) is 0 Å². The largest absolute Gasteiger partial charge is 0.315 e. The first-order valence-electron chi connectivity index (χ1n) is 6.99. The average molecular weight is 227 g/mol. The van der Waals surface area contributed by atoms with Gasteiger partial charge in [-0.2, -0.15) is 0 Å². The molecule has 1 rings (SSSR count).